The van der Waals surface area contributed by atoms with Gasteiger partial charge in [0.05, 0.1) is 25.5 Å². The van der Waals surface area contributed by atoms with Crippen molar-refractivity contribution in [2.45, 2.75) is 18.4 Å². The third-order valence-corrected chi connectivity index (χ3v) is 6.06. The SMILES string of the molecule is O=C1N(Cc2ccccn2)c2ccccc2C12COc1cc3c(cc12)OCCCO3. The Hall–Kier alpha value is -3.54. The Morgan fingerprint density at radius 2 is 1.70 bits per heavy atom. The smallest absolute Gasteiger partial charge is 0.246 e. The average molecular weight is 400 g/mol. The van der Waals surface area contributed by atoms with Crippen LogP contribution in [0.2, 0.25) is 0 Å². The van der Waals surface area contributed by atoms with Gasteiger partial charge in [-0.1, -0.05) is 24.3 Å². The third kappa shape index (κ3) is 2.36. The molecule has 30 heavy (non-hydrogen) atoms. The first kappa shape index (κ1) is 17.3. The van der Waals surface area contributed by atoms with Crippen molar-refractivity contribution in [1.29, 1.82) is 0 Å². The molecule has 0 saturated carbocycles. The summed E-state index contributed by atoms with van der Waals surface area (Å²) in [5, 5.41) is 0. The molecule has 150 valence electrons. The number of rotatable bonds is 2. The summed E-state index contributed by atoms with van der Waals surface area (Å²) in [6.45, 7) is 1.88. The maximum atomic E-state index is 13.9. The monoisotopic (exact) mass is 400 g/mol. The first-order chi connectivity index (χ1) is 14.8. The molecule has 0 aliphatic carbocycles. The fourth-order valence-electron chi connectivity index (χ4n) is 4.64. The number of hydrogen-bond acceptors (Lipinski definition) is 5. The van der Waals surface area contributed by atoms with Crippen molar-refractivity contribution in [2.24, 2.45) is 0 Å². The summed E-state index contributed by atoms with van der Waals surface area (Å²) in [4.78, 5) is 20.2. The van der Waals surface area contributed by atoms with E-state index in [1.54, 1.807) is 6.20 Å². The van der Waals surface area contributed by atoms with Crippen molar-refractivity contribution in [2.75, 3.05) is 24.7 Å². The van der Waals surface area contributed by atoms with Gasteiger partial charge in [0.25, 0.3) is 0 Å². The Morgan fingerprint density at radius 1 is 0.900 bits per heavy atom. The van der Waals surface area contributed by atoms with Crippen LogP contribution in [0.5, 0.6) is 17.2 Å². The molecule has 1 unspecified atom stereocenters. The lowest BCUT2D eigenvalue weighted by Gasteiger charge is -2.23. The van der Waals surface area contributed by atoms with Gasteiger partial charge in [-0.25, -0.2) is 0 Å². The Kier molecular flexibility index (Phi) is 3.75. The number of amides is 1. The summed E-state index contributed by atoms with van der Waals surface area (Å²) >= 11 is 0. The highest BCUT2D eigenvalue weighted by atomic mass is 16.5. The zero-order valence-electron chi connectivity index (χ0n) is 16.3. The molecule has 3 aliphatic rings. The molecule has 3 aliphatic heterocycles. The first-order valence-corrected chi connectivity index (χ1v) is 10.2. The molecule has 0 bridgehead atoms. The van der Waals surface area contributed by atoms with Gasteiger partial charge in [-0.15, -0.1) is 0 Å². The number of carbonyl (C=O) groups excluding carboxylic acids is 1. The van der Waals surface area contributed by atoms with Crippen LogP contribution >= 0.6 is 0 Å². The minimum absolute atomic E-state index is 0.00240. The van der Waals surface area contributed by atoms with Crippen LogP contribution in [-0.4, -0.2) is 30.7 Å². The number of para-hydroxylation sites is 1. The number of benzene rings is 2. The highest BCUT2D eigenvalue weighted by Crippen LogP contribution is 2.54. The Labute approximate surface area is 174 Å². The van der Waals surface area contributed by atoms with E-state index in [9.17, 15) is 4.79 Å². The largest absolute Gasteiger partial charge is 0.491 e. The van der Waals surface area contributed by atoms with Crippen molar-refractivity contribution >= 4 is 11.6 Å². The summed E-state index contributed by atoms with van der Waals surface area (Å²) in [6.07, 6.45) is 2.57. The Morgan fingerprint density at radius 3 is 2.53 bits per heavy atom. The Bertz CT molecular complexity index is 1150. The van der Waals surface area contributed by atoms with Crippen LogP contribution in [-0.2, 0) is 16.8 Å². The van der Waals surface area contributed by atoms with Gasteiger partial charge < -0.3 is 19.1 Å². The normalized spacial score (nSPS) is 21.2. The van der Waals surface area contributed by atoms with Crippen molar-refractivity contribution < 1.29 is 19.0 Å². The molecule has 6 heteroatoms. The summed E-state index contributed by atoms with van der Waals surface area (Å²) in [5.41, 5.74) is 2.66. The number of fused-ring (bicyclic) bond motifs is 5. The standard InChI is InChI=1S/C24H20N2O4/c27-23-24(15-30-20-13-22-21(12-18(20)24)28-10-5-11-29-22)17-7-1-2-8-19(17)26(23)14-16-6-3-4-9-25-16/h1-4,6-9,12-13H,5,10-11,14-15H2. The highest BCUT2D eigenvalue weighted by Gasteiger charge is 2.57. The quantitative estimate of drug-likeness (QED) is 0.659. The van der Waals surface area contributed by atoms with Crippen molar-refractivity contribution in [3.05, 3.63) is 77.6 Å². The molecule has 6 nitrogen and oxygen atoms in total. The summed E-state index contributed by atoms with van der Waals surface area (Å²) in [5.74, 6) is 2.03. The van der Waals surface area contributed by atoms with Gasteiger partial charge in [-0.2, -0.15) is 0 Å². The molecule has 0 saturated heterocycles. The van der Waals surface area contributed by atoms with Gasteiger partial charge in [0.2, 0.25) is 5.91 Å². The zero-order valence-corrected chi connectivity index (χ0v) is 16.3. The summed E-state index contributed by atoms with van der Waals surface area (Å²) < 4.78 is 17.8. The molecule has 1 amide bonds. The topological polar surface area (TPSA) is 60.9 Å². The fourth-order valence-corrected chi connectivity index (χ4v) is 4.64. The Balaban J connectivity index is 1.49. The molecule has 0 fully saturated rings. The minimum atomic E-state index is -0.884. The predicted molar refractivity (Wildman–Crippen MR) is 110 cm³/mol. The van der Waals surface area contributed by atoms with E-state index in [2.05, 4.69) is 4.98 Å². The fraction of sp³-hybridized carbons (Fsp3) is 0.250. The van der Waals surface area contributed by atoms with E-state index in [1.165, 1.54) is 0 Å². The van der Waals surface area contributed by atoms with E-state index in [0.29, 0.717) is 37.0 Å². The second-order valence-corrected chi connectivity index (χ2v) is 7.77. The number of anilines is 1. The van der Waals surface area contributed by atoms with Crippen LogP contribution in [0.1, 0.15) is 23.2 Å². The molecule has 6 rings (SSSR count). The summed E-state index contributed by atoms with van der Waals surface area (Å²) in [6, 6.07) is 17.5. The molecule has 1 spiro atoms. The predicted octanol–water partition coefficient (Wildman–Crippen LogP) is 3.47. The second kappa shape index (κ2) is 6.49. The average Bonchev–Trinajstić information content (AvgIpc) is 3.14. The molecule has 4 heterocycles. The van der Waals surface area contributed by atoms with Crippen molar-refractivity contribution in [3.63, 3.8) is 0 Å². The van der Waals surface area contributed by atoms with Gasteiger partial charge in [0.15, 0.2) is 11.5 Å². The molecule has 1 aromatic heterocycles. The molecular formula is C24H20N2O4. The number of ether oxygens (including phenoxy) is 3. The number of nitrogens with zero attached hydrogens (tertiary/aromatic N) is 2. The van der Waals surface area contributed by atoms with E-state index in [-0.39, 0.29) is 12.5 Å². The van der Waals surface area contributed by atoms with Gasteiger partial charge in [0.1, 0.15) is 17.8 Å². The maximum absolute atomic E-state index is 13.9. The molecule has 0 radical (unpaired) electrons. The molecule has 0 N–H and O–H groups in total. The van der Waals surface area contributed by atoms with Gasteiger partial charge >= 0.3 is 0 Å². The van der Waals surface area contributed by atoms with Crippen LogP contribution in [0, 0.1) is 0 Å². The van der Waals surface area contributed by atoms with Gasteiger partial charge in [-0.3, -0.25) is 9.78 Å². The molecule has 3 aromatic rings. The van der Waals surface area contributed by atoms with Crippen molar-refractivity contribution in [1.82, 2.24) is 4.98 Å². The molecular weight excluding hydrogens is 380 g/mol. The van der Waals surface area contributed by atoms with Crippen LogP contribution < -0.4 is 19.1 Å². The van der Waals surface area contributed by atoms with Crippen LogP contribution in [0.25, 0.3) is 0 Å². The number of carbonyl (C=O) groups is 1. The molecule has 1 atom stereocenters. The van der Waals surface area contributed by atoms with E-state index < -0.39 is 5.41 Å². The van der Waals surface area contributed by atoms with E-state index >= 15 is 0 Å². The third-order valence-electron chi connectivity index (χ3n) is 6.06. The van der Waals surface area contributed by atoms with Crippen LogP contribution in [0.15, 0.2) is 60.8 Å². The van der Waals surface area contributed by atoms with Gasteiger partial charge in [0, 0.05) is 29.9 Å². The summed E-state index contributed by atoms with van der Waals surface area (Å²) in [7, 11) is 0. The lowest BCUT2D eigenvalue weighted by Crippen LogP contribution is -2.42. The van der Waals surface area contributed by atoms with Crippen LogP contribution in [0.4, 0.5) is 5.69 Å². The van der Waals surface area contributed by atoms with E-state index in [0.717, 1.165) is 28.9 Å². The number of pyridine rings is 1. The van der Waals surface area contributed by atoms with E-state index in [4.69, 9.17) is 14.2 Å². The van der Waals surface area contributed by atoms with E-state index in [1.807, 2.05) is 59.5 Å². The highest BCUT2D eigenvalue weighted by molar-refractivity contribution is 6.11. The zero-order chi connectivity index (χ0) is 20.1. The van der Waals surface area contributed by atoms with Gasteiger partial charge in [-0.05, 0) is 29.8 Å². The maximum Gasteiger partial charge on any atom is 0.246 e. The van der Waals surface area contributed by atoms with Crippen molar-refractivity contribution in [3.8, 4) is 17.2 Å². The lowest BCUT2D eigenvalue weighted by atomic mass is 9.77. The lowest BCUT2D eigenvalue weighted by molar-refractivity contribution is -0.122. The number of hydrogen-bond donors (Lipinski definition) is 0. The molecule has 2 aromatic carbocycles. The first-order valence-electron chi connectivity index (χ1n) is 10.2. The number of aromatic nitrogens is 1. The van der Waals surface area contributed by atoms with Crippen LogP contribution in [0.3, 0.4) is 0 Å². The minimum Gasteiger partial charge on any atom is -0.491 e. The second-order valence-electron chi connectivity index (χ2n) is 7.77.